The van der Waals surface area contributed by atoms with Gasteiger partial charge in [-0.3, -0.25) is 9.67 Å². The largest absolute Gasteiger partial charge is 0.356 e. The highest BCUT2D eigenvalue weighted by atomic mass is 15.3. The van der Waals surface area contributed by atoms with E-state index in [4.69, 9.17) is 0 Å². The smallest absolute Gasteiger partial charge is 0.193 e. The maximum atomic E-state index is 4.52. The molecule has 0 atom stereocenters. The van der Waals surface area contributed by atoms with Gasteiger partial charge in [0.2, 0.25) is 0 Å². The zero-order valence-corrected chi connectivity index (χ0v) is 15.2. The summed E-state index contributed by atoms with van der Waals surface area (Å²) in [5.41, 5.74) is 4.37. The molecule has 0 radical (unpaired) electrons. The van der Waals surface area contributed by atoms with Gasteiger partial charge in [-0.15, -0.1) is 0 Å². The van der Waals surface area contributed by atoms with E-state index in [0.29, 0.717) is 5.41 Å². The lowest BCUT2D eigenvalue weighted by molar-refractivity contribution is 0.309. The van der Waals surface area contributed by atoms with Crippen molar-refractivity contribution in [3.05, 3.63) is 17.0 Å². The van der Waals surface area contributed by atoms with Gasteiger partial charge in [-0.2, -0.15) is 5.10 Å². The van der Waals surface area contributed by atoms with Crippen molar-refractivity contribution in [3.8, 4) is 0 Å². The molecule has 0 aromatic carbocycles. The second-order valence-corrected chi connectivity index (χ2v) is 7.38. The van der Waals surface area contributed by atoms with Crippen LogP contribution in [-0.4, -0.2) is 47.3 Å². The van der Waals surface area contributed by atoms with E-state index in [1.807, 2.05) is 18.8 Å². The van der Waals surface area contributed by atoms with E-state index < -0.39 is 0 Å². The van der Waals surface area contributed by atoms with Gasteiger partial charge in [0, 0.05) is 39.4 Å². The summed E-state index contributed by atoms with van der Waals surface area (Å²) >= 11 is 0. The molecule has 1 aromatic rings. The summed E-state index contributed by atoms with van der Waals surface area (Å²) in [4.78, 5) is 6.98. The highest BCUT2D eigenvalue weighted by molar-refractivity contribution is 5.80. The second kappa shape index (κ2) is 6.54. The Balaban J connectivity index is 1.54. The molecule has 0 unspecified atom stereocenters. The topological polar surface area (TPSA) is 45.5 Å². The molecular weight excluding hydrogens is 286 g/mol. The molecule has 23 heavy (non-hydrogen) atoms. The number of guanidine groups is 1. The molecule has 2 heterocycles. The molecule has 5 nitrogen and oxygen atoms in total. The third-order valence-corrected chi connectivity index (χ3v) is 5.93. The Morgan fingerprint density at radius 3 is 2.61 bits per heavy atom. The standard InChI is InChI=1S/C18H31N5/c1-14-16(15(2)22(4)21-14)7-11-20-17(19-3)23-12-10-18(13-23)8-5-6-9-18/h5-13H2,1-4H3,(H,19,20). The molecule has 3 rings (SSSR count). The first-order chi connectivity index (χ1) is 11.0. The van der Waals surface area contributed by atoms with Gasteiger partial charge in [0.1, 0.15) is 0 Å². The molecule has 1 aromatic heterocycles. The quantitative estimate of drug-likeness (QED) is 0.688. The number of nitrogens with one attached hydrogen (secondary N) is 1. The molecule has 1 spiro atoms. The summed E-state index contributed by atoms with van der Waals surface area (Å²) in [5.74, 6) is 1.08. The average molecular weight is 317 g/mol. The first-order valence-corrected chi connectivity index (χ1v) is 8.99. The summed E-state index contributed by atoms with van der Waals surface area (Å²) < 4.78 is 1.98. The number of aliphatic imine (C=N–C) groups is 1. The second-order valence-electron chi connectivity index (χ2n) is 7.38. The van der Waals surface area contributed by atoms with Crippen molar-refractivity contribution >= 4 is 5.96 Å². The van der Waals surface area contributed by atoms with Crippen molar-refractivity contribution in [1.29, 1.82) is 0 Å². The normalized spacial score (nSPS) is 20.7. The van der Waals surface area contributed by atoms with Gasteiger partial charge < -0.3 is 10.2 Å². The fourth-order valence-corrected chi connectivity index (χ4v) is 4.46. The van der Waals surface area contributed by atoms with E-state index in [2.05, 4.69) is 34.2 Å². The summed E-state index contributed by atoms with van der Waals surface area (Å²) in [6.45, 7) is 7.52. The molecule has 2 fully saturated rings. The molecule has 0 bridgehead atoms. The lowest BCUT2D eigenvalue weighted by atomic mass is 9.86. The van der Waals surface area contributed by atoms with Crippen LogP contribution in [0.1, 0.15) is 49.1 Å². The van der Waals surface area contributed by atoms with E-state index in [9.17, 15) is 0 Å². The lowest BCUT2D eigenvalue weighted by Gasteiger charge is -2.26. The number of rotatable bonds is 3. The molecule has 1 aliphatic carbocycles. The Hall–Kier alpha value is -1.52. The Bertz CT molecular complexity index is 580. The van der Waals surface area contributed by atoms with E-state index in [1.165, 1.54) is 49.9 Å². The van der Waals surface area contributed by atoms with Gasteiger partial charge in [0.25, 0.3) is 0 Å². The Labute approximate surface area is 140 Å². The van der Waals surface area contributed by atoms with Crippen LogP contribution in [0.5, 0.6) is 0 Å². The van der Waals surface area contributed by atoms with Crippen LogP contribution >= 0.6 is 0 Å². The first-order valence-electron chi connectivity index (χ1n) is 8.99. The Morgan fingerprint density at radius 1 is 1.26 bits per heavy atom. The number of aromatic nitrogens is 2. The van der Waals surface area contributed by atoms with Crippen molar-refractivity contribution < 1.29 is 0 Å². The Morgan fingerprint density at radius 2 is 2.00 bits per heavy atom. The van der Waals surface area contributed by atoms with Gasteiger partial charge in [-0.05, 0) is 50.5 Å². The molecule has 1 aliphatic heterocycles. The average Bonchev–Trinajstić information content (AvgIpc) is 3.22. The van der Waals surface area contributed by atoms with E-state index >= 15 is 0 Å². The van der Waals surface area contributed by atoms with Crippen LogP contribution in [0, 0.1) is 19.3 Å². The van der Waals surface area contributed by atoms with Gasteiger partial charge in [-0.1, -0.05) is 12.8 Å². The van der Waals surface area contributed by atoms with Gasteiger partial charge in [-0.25, -0.2) is 0 Å². The number of hydrogen-bond acceptors (Lipinski definition) is 2. The molecule has 1 saturated carbocycles. The van der Waals surface area contributed by atoms with Crippen LogP contribution in [0.3, 0.4) is 0 Å². The van der Waals surface area contributed by atoms with Gasteiger partial charge in [0.15, 0.2) is 5.96 Å². The zero-order chi connectivity index (χ0) is 16.4. The predicted octanol–water partition coefficient (Wildman–Crippen LogP) is 2.42. The molecule has 0 amide bonds. The van der Waals surface area contributed by atoms with Crippen LogP contribution in [-0.2, 0) is 13.5 Å². The van der Waals surface area contributed by atoms with Crippen LogP contribution < -0.4 is 5.32 Å². The molecular formula is C18H31N5. The van der Waals surface area contributed by atoms with E-state index in [-0.39, 0.29) is 0 Å². The van der Waals surface area contributed by atoms with Crippen molar-refractivity contribution in [2.75, 3.05) is 26.7 Å². The minimum absolute atomic E-state index is 0.591. The summed E-state index contributed by atoms with van der Waals surface area (Å²) in [6.07, 6.45) is 8.00. The van der Waals surface area contributed by atoms with E-state index in [1.54, 1.807) is 0 Å². The van der Waals surface area contributed by atoms with Crippen molar-refractivity contribution in [2.45, 2.75) is 52.4 Å². The third-order valence-electron chi connectivity index (χ3n) is 5.93. The lowest BCUT2D eigenvalue weighted by Crippen LogP contribution is -2.41. The van der Waals surface area contributed by atoms with Crippen molar-refractivity contribution in [1.82, 2.24) is 20.0 Å². The first kappa shape index (κ1) is 16.3. The number of aryl methyl sites for hydroxylation is 2. The van der Waals surface area contributed by atoms with Gasteiger partial charge >= 0.3 is 0 Å². The number of hydrogen-bond donors (Lipinski definition) is 1. The van der Waals surface area contributed by atoms with Crippen LogP contribution in [0.15, 0.2) is 4.99 Å². The minimum atomic E-state index is 0.591. The predicted molar refractivity (Wildman–Crippen MR) is 94.8 cm³/mol. The SMILES string of the molecule is CN=C(NCCc1c(C)nn(C)c1C)N1CCC2(CCCC2)C1. The van der Waals surface area contributed by atoms with E-state index in [0.717, 1.165) is 31.2 Å². The molecule has 2 aliphatic rings. The number of likely N-dealkylation sites (tertiary alicyclic amines) is 1. The fourth-order valence-electron chi connectivity index (χ4n) is 4.46. The summed E-state index contributed by atoms with van der Waals surface area (Å²) in [6, 6.07) is 0. The summed E-state index contributed by atoms with van der Waals surface area (Å²) in [5, 5.41) is 8.07. The molecule has 128 valence electrons. The van der Waals surface area contributed by atoms with Crippen LogP contribution in [0.2, 0.25) is 0 Å². The van der Waals surface area contributed by atoms with Crippen molar-refractivity contribution in [2.24, 2.45) is 17.5 Å². The van der Waals surface area contributed by atoms with Crippen LogP contribution in [0.4, 0.5) is 0 Å². The number of nitrogens with zero attached hydrogens (tertiary/aromatic N) is 4. The highest BCUT2D eigenvalue weighted by Crippen LogP contribution is 2.45. The van der Waals surface area contributed by atoms with Gasteiger partial charge in [0.05, 0.1) is 5.69 Å². The molecule has 5 heteroatoms. The maximum Gasteiger partial charge on any atom is 0.193 e. The zero-order valence-electron chi connectivity index (χ0n) is 15.2. The third kappa shape index (κ3) is 3.24. The van der Waals surface area contributed by atoms with Crippen LogP contribution in [0.25, 0.3) is 0 Å². The van der Waals surface area contributed by atoms with Crippen molar-refractivity contribution in [3.63, 3.8) is 0 Å². The fraction of sp³-hybridized carbons (Fsp3) is 0.778. The molecule has 1 N–H and O–H groups in total. The summed E-state index contributed by atoms with van der Waals surface area (Å²) in [7, 11) is 3.92. The minimum Gasteiger partial charge on any atom is -0.356 e. The molecule has 1 saturated heterocycles. The monoisotopic (exact) mass is 317 g/mol. The maximum absolute atomic E-state index is 4.52. The highest BCUT2D eigenvalue weighted by Gasteiger charge is 2.40. The Kier molecular flexibility index (Phi) is 4.64.